The van der Waals surface area contributed by atoms with E-state index in [4.69, 9.17) is 16.0 Å². The average molecular weight is 461 g/mol. The topological polar surface area (TPSA) is 96.7 Å². The van der Waals surface area contributed by atoms with Gasteiger partial charge in [-0.2, -0.15) is 4.31 Å². The third-order valence-electron chi connectivity index (χ3n) is 5.34. The number of piperidine rings is 1. The Labute approximate surface area is 184 Å². The highest BCUT2D eigenvalue weighted by molar-refractivity contribution is 7.89. The first-order chi connectivity index (χ1) is 14.8. The van der Waals surface area contributed by atoms with Gasteiger partial charge in [0.2, 0.25) is 10.0 Å². The van der Waals surface area contributed by atoms with Gasteiger partial charge in [0.05, 0.1) is 15.5 Å². The van der Waals surface area contributed by atoms with Gasteiger partial charge in [-0.25, -0.2) is 13.2 Å². The van der Waals surface area contributed by atoms with E-state index in [1.165, 1.54) is 28.6 Å². The molecule has 3 aromatic rings. The van der Waals surface area contributed by atoms with Crippen LogP contribution in [0.25, 0.3) is 11.0 Å². The minimum Gasteiger partial charge on any atom is -0.423 e. The lowest BCUT2D eigenvalue weighted by atomic mass is 10.1. The van der Waals surface area contributed by atoms with E-state index < -0.39 is 21.6 Å². The number of carbonyl (C=O) groups is 1. The van der Waals surface area contributed by atoms with Crippen LogP contribution in [0.15, 0.2) is 56.6 Å². The minimum absolute atomic E-state index is 0.0316. The number of anilines is 1. The lowest BCUT2D eigenvalue weighted by Gasteiger charge is -2.26. The maximum atomic E-state index is 13.0. The molecule has 0 aliphatic carbocycles. The van der Waals surface area contributed by atoms with Crippen LogP contribution in [0.5, 0.6) is 0 Å². The number of carbonyl (C=O) groups excluding carboxylic acids is 1. The van der Waals surface area contributed by atoms with Gasteiger partial charge in [0, 0.05) is 36.3 Å². The van der Waals surface area contributed by atoms with Crippen molar-refractivity contribution in [1.29, 1.82) is 0 Å². The van der Waals surface area contributed by atoms with Crippen LogP contribution in [0.3, 0.4) is 0 Å². The van der Waals surface area contributed by atoms with E-state index in [9.17, 15) is 18.0 Å². The molecule has 2 heterocycles. The molecular weight excluding hydrogens is 440 g/mol. The van der Waals surface area contributed by atoms with Gasteiger partial charge in [0.25, 0.3) is 5.91 Å². The van der Waals surface area contributed by atoms with Crippen LogP contribution in [0.2, 0.25) is 5.02 Å². The van der Waals surface area contributed by atoms with Crippen molar-refractivity contribution < 1.29 is 17.6 Å². The maximum Gasteiger partial charge on any atom is 0.336 e. The molecule has 2 aromatic carbocycles. The van der Waals surface area contributed by atoms with Gasteiger partial charge < -0.3 is 9.73 Å². The largest absolute Gasteiger partial charge is 0.423 e. The molecule has 1 aliphatic heterocycles. The van der Waals surface area contributed by atoms with Crippen LogP contribution in [0.4, 0.5) is 5.69 Å². The predicted octanol–water partition coefficient (Wildman–Crippen LogP) is 4.18. The van der Waals surface area contributed by atoms with E-state index in [2.05, 4.69) is 5.32 Å². The third-order valence-corrected chi connectivity index (χ3v) is 7.57. The fraction of sp³-hybridized carbons (Fsp3) is 0.273. The van der Waals surface area contributed by atoms with E-state index in [1.807, 2.05) is 0 Å². The molecule has 9 heteroatoms. The van der Waals surface area contributed by atoms with Crippen LogP contribution < -0.4 is 10.9 Å². The number of nitrogens with one attached hydrogen (secondary N) is 1. The molecule has 0 atom stereocenters. The quantitative estimate of drug-likeness (QED) is 0.589. The van der Waals surface area contributed by atoms with Gasteiger partial charge in [-0.05, 0) is 55.7 Å². The van der Waals surface area contributed by atoms with E-state index in [-0.39, 0.29) is 15.5 Å². The summed E-state index contributed by atoms with van der Waals surface area (Å²) < 4.78 is 32.5. The molecule has 0 saturated carbocycles. The number of aryl methyl sites for hydroxylation is 1. The molecule has 162 valence electrons. The lowest BCUT2D eigenvalue weighted by Crippen LogP contribution is -2.35. The zero-order chi connectivity index (χ0) is 22.2. The van der Waals surface area contributed by atoms with Gasteiger partial charge >= 0.3 is 5.63 Å². The van der Waals surface area contributed by atoms with Gasteiger partial charge in [0.1, 0.15) is 5.58 Å². The second-order valence-electron chi connectivity index (χ2n) is 7.52. The van der Waals surface area contributed by atoms with Crippen molar-refractivity contribution in [1.82, 2.24) is 4.31 Å². The van der Waals surface area contributed by atoms with Gasteiger partial charge in [-0.15, -0.1) is 0 Å². The van der Waals surface area contributed by atoms with Crippen LogP contribution in [-0.4, -0.2) is 31.7 Å². The van der Waals surface area contributed by atoms with Crippen molar-refractivity contribution >= 4 is 44.2 Å². The summed E-state index contributed by atoms with van der Waals surface area (Å²) in [7, 11) is -3.70. The first kappa shape index (κ1) is 21.5. The lowest BCUT2D eigenvalue weighted by molar-refractivity contribution is 0.102. The summed E-state index contributed by atoms with van der Waals surface area (Å²) in [4.78, 5) is 24.5. The number of nitrogens with zero attached hydrogens (tertiary/aromatic N) is 1. The molecule has 0 bridgehead atoms. The monoisotopic (exact) mass is 460 g/mol. The number of halogens is 1. The number of amides is 1. The summed E-state index contributed by atoms with van der Waals surface area (Å²) >= 11 is 6.20. The van der Waals surface area contributed by atoms with Gasteiger partial charge in [-0.1, -0.05) is 18.0 Å². The summed E-state index contributed by atoms with van der Waals surface area (Å²) in [5.74, 6) is -0.560. The molecule has 1 aromatic heterocycles. The van der Waals surface area contributed by atoms with Gasteiger partial charge in [0.15, 0.2) is 0 Å². The van der Waals surface area contributed by atoms with Crippen LogP contribution in [-0.2, 0) is 10.0 Å². The Bertz CT molecular complexity index is 1330. The van der Waals surface area contributed by atoms with Gasteiger partial charge in [-0.3, -0.25) is 4.79 Å². The predicted molar refractivity (Wildman–Crippen MR) is 119 cm³/mol. The summed E-state index contributed by atoms with van der Waals surface area (Å²) in [5, 5.41) is 3.59. The molecule has 4 rings (SSSR count). The molecule has 0 radical (unpaired) electrons. The first-order valence-corrected chi connectivity index (χ1v) is 11.7. The zero-order valence-electron chi connectivity index (χ0n) is 16.9. The molecule has 1 fully saturated rings. The number of hydrogen-bond acceptors (Lipinski definition) is 5. The van der Waals surface area contributed by atoms with E-state index in [1.54, 1.807) is 25.1 Å². The van der Waals surface area contributed by atoms with Crippen LogP contribution in [0, 0.1) is 6.92 Å². The molecule has 31 heavy (non-hydrogen) atoms. The Hall–Kier alpha value is -2.68. The Morgan fingerprint density at radius 3 is 2.55 bits per heavy atom. The van der Waals surface area contributed by atoms with Crippen molar-refractivity contribution in [3.8, 4) is 0 Å². The van der Waals surface area contributed by atoms with Crippen molar-refractivity contribution in [3.05, 3.63) is 69.0 Å². The molecular formula is C22H21ClN2O5S. The Kier molecular flexibility index (Phi) is 5.88. The summed E-state index contributed by atoms with van der Waals surface area (Å²) in [6.45, 7) is 2.73. The highest BCUT2D eigenvalue weighted by atomic mass is 35.5. The van der Waals surface area contributed by atoms with Crippen molar-refractivity contribution in [2.45, 2.75) is 31.1 Å². The molecule has 1 amide bonds. The second-order valence-corrected chi connectivity index (χ2v) is 9.87. The number of benzene rings is 2. The SMILES string of the molecule is Cc1cc(=O)oc2cc(NC(=O)c3cc(S(=O)(=O)N4CCCCC4)ccc3Cl)ccc12. The van der Waals surface area contributed by atoms with Crippen molar-refractivity contribution in [2.24, 2.45) is 0 Å². The zero-order valence-corrected chi connectivity index (χ0v) is 18.4. The summed E-state index contributed by atoms with van der Waals surface area (Å²) in [6.07, 6.45) is 2.64. The second kappa shape index (κ2) is 8.45. The minimum atomic E-state index is -3.70. The molecule has 7 nitrogen and oxygen atoms in total. The van der Waals surface area contributed by atoms with E-state index >= 15 is 0 Å². The highest BCUT2D eigenvalue weighted by Gasteiger charge is 2.27. The Balaban J connectivity index is 1.64. The van der Waals surface area contributed by atoms with Crippen LogP contribution >= 0.6 is 11.6 Å². The molecule has 0 unspecified atom stereocenters. The number of rotatable bonds is 4. The number of hydrogen-bond donors (Lipinski definition) is 1. The molecule has 0 spiro atoms. The first-order valence-electron chi connectivity index (χ1n) is 9.91. The molecule has 1 aliphatic rings. The number of sulfonamides is 1. The summed E-state index contributed by atoms with van der Waals surface area (Å²) in [6, 6.07) is 10.5. The normalized spacial score (nSPS) is 15.2. The molecule has 1 N–H and O–H groups in total. The molecule has 1 saturated heterocycles. The number of fused-ring (bicyclic) bond motifs is 1. The average Bonchev–Trinajstić information content (AvgIpc) is 2.74. The standard InChI is InChI=1S/C22H21ClN2O5S/c1-14-11-21(26)30-20-12-15(5-7-17(14)20)24-22(27)18-13-16(6-8-19(18)23)31(28,29)25-9-3-2-4-10-25/h5-8,11-13H,2-4,9-10H2,1H3,(H,24,27). The smallest absolute Gasteiger partial charge is 0.336 e. The van der Waals surface area contributed by atoms with Crippen molar-refractivity contribution in [3.63, 3.8) is 0 Å². The summed E-state index contributed by atoms with van der Waals surface area (Å²) in [5.41, 5.74) is 1.07. The van der Waals surface area contributed by atoms with Crippen molar-refractivity contribution in [2.75, 3.05) is 18.4 Å². The van der Waals surface area contributed by atoms with Crippen LogP contribution in [0.1, 0.15) is 35.2 Å². The highest BCUT2D eigenvalue weighted by Crippen LogP contribution is 2.27. The fourth-order valence-corrected chi connectivity index (χ4v) is 5.44. The third kappa shape index (κ3) is 4.37. The Morgan fingerprint density at radius 1 is 1.06 bits per heavy atom. The van der Waals surface area contributed by atoms with E-state index in [0.717, 1.165) is 30.2 Å². The maximum absolute atomic E-state index is 13.0. The Morgan fingerprint density at radius 2 is 1.81 bits per heavy atom. The fourth-order valence-electron chi connectivity index (χ4n) is 3.69. The van der Waals surface area contributed by atoms with E-state index in [0.29, 0.717) is 24.4 Å².